The van der Waals surface area contributed by atoms with E-state index in [1.807, 2.05) is 6.92 Å². The number of hydrogen-bond acceptors (Lipinski definition) is 3. The van der Waals surface area contributed by atoms with Gasteiger partial charge in [-0.25, -0.2) is 4.39 Å². The topological polar surface area (TPSA) is 47.8 Å². The minimum absolute atomic E-state index is 0.408. The highest BCUT2D eigenvalue weighted by Gasteiger charge is 2.11. The highest BCUT2D eigenvalue weighted by Crippen LogP contribution is 2.18. The first-order valence-electron chi connectivity index (χ1n) is 5.39. The van der Waals surface area contributed by atoms with Crippen molar-refractivity contribution < 1.29 is 9.18 Å². The van der Waals surface area contributed by atoms with Crippen LogP contribution in [-0.2, 0) is 6.54 Å². The average molecular weight is 233 g/mol. The Balaban J connectivity index is 2.42. The second kappa shape index (κ2) is 4.86. The van der Waals surface area contributed by atoms with Crippen LogP contribution in [0.3, 0.4) is 0 Å². The maximum absolute atomic E-state index is 12.8. The van der Waals surface area contributed by atoms with E-state index in [1.165, 1.54) is 12.1 Å². The van der Waals surface area contributed by atoms with Crippen LogP contribution in [0.15, 0.2) is 24.5 Å². The minimum atomic E-state index is -0.408. The third-order valence-corrected chi connectivity index (χ3v) is 2.34. The number of carbonyl (C=O) groups excluding carboxylic acids is 1. The molecule has 0 fully saturated rings. The Kier molecular flexibility index (Phi) is 3.27. The molecule has 88 valence electrons. The first-order valence-corrected chi connectivity index (χ1v) is 5.39. The predicted octanol–water partition coefficient (Wildman–Crippen LogP) is 2.31. The van der Waals surface area contributed by atoms with E-state index in [9.17, 15) is 9.18 Å². The van der Waals surface area contributed by atoms with E-state index in [-0.39, 0.29) is 0 Å². The van der Waals surface area contributed by atoms with Gasteiger partial charge in [0.05, 0.1) is 17.5 Å². The van der Waals surface area contributed by atoms with E-state index in [1.54, 1.807) is 10.9 Å². The molecule has 2 aromatic heterocycles. The molecule has 0 spiro atoms. The molecule has 17 heavy (non-hydrogen) atoms. The summed E-state index contributed by atoms with van der Waals surface area (Å²) in [4.78, 5) is 14.9. The monoisotopic (exact) mass is 233 g/mol. The molecular weight excluding hydrogens is 221 g/mol. The lowest BCUT2D eigenvalue weighted by Crippen LogP contribution is -1.97. The zero-order valence-electron chi connectivity index (χ0n) is 9.43. The zero-order chi connectivity index (χ0) is 12.3. The third kappa shape index (κ3) is 2.38. The molecule has 0 amide bonds. The van der Waals surface area contributed by atoms with Gasteiger partial charge in [0, 0.05) is 12.7 Å². The minimum Gasteiger partial charge on any atom is -0.298 e. The van der Waals surface area contributed by atoms with Crippen molar-refractivity contribution in [1.29, 1.82) is 0 Å². The van der Waals surface area contributed by atoms with Gasteiger partial charge in [-0.05, 0) is 18.6 Å². The number of aryl methyl sites for hydroxylation is 1. The molecule has 0 saturated heterocycles. The van der Waals surface area contributed by atoms with Crippen LogP contribution in [-0.4, -0.2) is 21.1 Å². The number of carbonyl (C=O) groups is 1. The largest absolute Gasteiger partial charge is 0.298 e. The number of aldehydes is 1. The summed E-state index contributed by atoms with van der Waals surface area (Å²) >= 11 is 0. The van der Waals surface area contributed by atoms with E-state index in [2.05, 4.69) is 10.1 Å². The van der Waals surface area contributed by atoms with Crippen LogP contribution in [0.1, 0.15) is 23.7 Å². The zero-order valence-corrected chi connectivity index (χ0v) is 9.43. The standard InChI is InChI=1S/C12H12FN3O/c1-2-5-16-7-9(8-17)12(15-16)11-4-3-10(13)6-14-11/h3-4,6-8H,2,5H2,1H3. The van der Waals surface area contributed by atoms with Crippen LogP contribution in [0.25, 0.3) is 11.4 Å². The van der Waals surface area contributed by atoms with E-state index in [0.29, 0.717) is 17.0 Å². The highest BCUT2D eigenvalue weighted by atomic mass is 19.1. The molecule has 0 aliphatic rings. The van der Waals surface area contributed by atoms with Gasteiger partial charge in [0.15, 0.2) is 6.29 Å². The van der Waals surface area contributed by atoms with Crippen molar-refractivity contribution in [3.05, 3.63) is 35.9 Å². The fraction of sp³-hybridized carbons (Fsp3) is 0.250. The third-order valence-electron chi connectivity index (χ3n) is 2.34. The van der Waals surface area contributed by atoms with Gasteiger partial charge in [0.25, 0.3) is 0 Å². The number of rotatable bonds is 4. The first-order chi connectivity index (χ1) is 8.24. The summed E-state index contributed by atoms with van der Waals surface area (Å²) in [5, 5.41) is 4.27. The number of hydrogen-bond donors (Lipinski definition) is 0. The van der Waals surface area contributed by atoms with E-state index in [4.69, 9.17) is 0 Å². The molecule has 2 rings (SSSR count). The summed E-state index contributed by atoms with van der Waals surface area (Å²) in [6.45, 7) is 2.76. The molecule has 0 N–H and O–H groups in total. The fourth-order valence-electron chi connectivity index (χ4n) is 1.58. The van der Waals surface area contributed by atoms with Crippen LogP contribution in [0, 0.1) is 5.82 Å². The van der Waals surface area contributed by atoms with Crippen molar-refractivity contribution in [2.75, 3.05) is 0 Å². The van der Waals surface area contributed by atoms with Crippen LogP contribution < -0.4 is 0 Å². The van der Waals surface area contributed by atoms with E-state index >= 15 is 0 Å². The number of nitrogens with zero attached hydrogens (tertiary/aromatic N) is 3. The van der Waals surface area contributed by atoms with Crippen LogP contribution in [0.2, 0.25) is 0 Å². The summed E-state index contributed by atoms with van der Waals surface area (Å²) in [7, 11) is 0. The Labute approximate surface area is 98.1 Å². The normalized spacial score (nSPS) is 10.5. The molecule has 0 aromatic carbocycles. The molecule has 2 heterocycles. The van der Waals surface area contributed by atoms with Crippen LogP contribution >= 0.6 is 0 Å². The molecule has 4 nitrogen and oxygen atoms in total. The molecule has 0 unspecified atom stereocenters. The fourth-order valence-corrected chi connectivity index (χ4v) is 1.58. The van der Waals surface area contributed by atoms with Crippen molar-refractivity contribution in [2.24, 2.45) is 0 Å². The van der Waals surface area contributed by atoms with Gasteiger partial charge in [-0.2, -0.15) is 5.10 Å². The Hall–Kier alpha value is -2.04. The number of aromatic nitrogens is 3. The van der Waals surface area contributed by atoms with Crippen molar-refractivity contribution in [1.82, 2.24) is 14.8 Å². The van der Waals surface area contributed by atoms with Crippen molar-refractivity contribution >= 4 is 6.29 Å². The predicted molar refractivity (Wildman–Crippen MR) is 61.1 cm³/mol. The Morgan fingerprint density at radius 2 is 2.29 bits per heavy atom. The van der Waals surface area contributed by atoms with Gasteiger partial charge in [0.1, 0.15) is 11.5 Å². The quantitative estimate of drug-likeness (QED) is 0.761. The number of halogens is 1. The van der Waals surface area contributed by atoms with Gasteiger partial charge in [0.2, 0.25) is 0 Å². The van der Waals surface area contributed by atoms with Gasteiger partial charge < -0.3 is 0 Å². The summed E-state index contributed by atoms with van der Waals surface area (Å²) < 4.78 is 14.5. The molecular formula is C12H12FN3O. The Bertz CT molecular complexity index is 519. The molecule has 0 saturated carbocycles. The molecule has 0 bridgehead atoms. The molecule has 0 aliphatic heterocycles. The number of pyridine rings is 1. The van der Waals surface area contributed by atoms with Crippen LogP contribution in [0.4, 0.5) is 4.39 Å². The summed E-state index contributed by atoms with van der Waals surface area (Å²) in [5.74, 6) is -0.408. The van der Waals surface area contributed by atoms with Crippen molar-refractivity contribution in [2.45, 2.75) is 19.9 Å². The Morgan fingerprint density at radius 1 is 1.47 bits per heavy atom. The first kappa shape index (κ1) is 11.4. The molecule has 2 aromatic rings. The second-order valence-electron chi connectivity index (χ2n) is 3.68. The lowest BCUT2D eigenvalue weighted by molar-refractivity contribution is 0.112. The Morgan fingerprint density at radius 3 is 2.88 bits per heavy atom. The maximum Gasteiger partial charge on any atom is 0.153 e. The molecule has 0 radical (unpaired) electrons. The summed E-state index contributed by atoms with van der Waals surface area (Å²) in [6.07, 6.45) is 4.45. The highest BCUT2D eigenvalue weighted by molar-refractivity contribution is 5.84. The second-order valence-corrected chi connectivity index (χ2v) is 3.68. The SMILES string of the molecule is CCCn1cc(C=O)c(-c2ccc(F)cn2)n1. The van der Waals surface area contributed by atoms with Gasteiger partial charge >= 0.3 is 0 Å². The summed E-state index contributed by atoms with van der Waals surface area (Å²) in [6, 6.07) is 2.82. The van der Waals surface area contributed by atoms with Crippen molar-refractivity contribution in [3.63, 3.8) is 0 Å². The molecule has 0 atom stereocenters. The maximum atomic E-state index is 12.8. The lowest BCUT2D eigenvalue weighted by Gasteiger charge is -1.97. The van der Waals surface area contributed by atoms with Gasteiger partial charge in [-0.1, -0.05) is 6.92 Å². The smallest absolute Gasteiger partial charge is 0.153 e. The van der Waals surface area contributed by atoms with Crippen molar-refractivity contribution in [3.8, 4) is 11.4 Å². The van der Waals surface area contributed by atoms with Crippen LogP contribution in [0.5, 0.6) is 0 Å². The van der Waals surface area contributed by atoms with E-state index in [0.717, 1.165) is 25.4 Å². The average Bonchev–Trinajstić information content (AvgIpc) is 2.74. The lowest BCUT2D eigenvalue weighted by atomic mass is 10.2. The molecule has 0 aliphatic carbocycles. The van der Waals surface area contributed by atoms with Gasteiger partial charge in [-0.3, -0.25) is 14.5 Å². The van der Waals surface area contributed by atoms with E-state index < -0.39 is 5.82 Å². The molecule has 5 heteroatoms. The summed E-state index contributed by atoms with van der Waals surface area (Å²) in [5.41, 5.74) is 1.47. The van der Waals surface area contributed by atoms with Gasteiger partial charge in [-0.15, -0.1) is 0 Å².